The lowest BCUT2D eigenvalue weighted by Gasteiger charge is -2.34. The molecule has 0 amide bonds. The zero-order chi connectivity index (χ0) is 14.0. The second kappa shape index (κ2) is 6.19. The van der Waals surface area contributed by atoms with Gasteiger partial charge in [-0.3, -0.25) is 0 Å². The normalized spacial score (nSPS) is 21.7. The summed E-state index contributed by atoms with van der Waals surface area (Å²) < 4.78 is 28.7. The fraction of sp³-hybridized carbons (Fsp3) is 0.800. The van der Waals surface area contributed by atoms with Crippen molar-refractivity contribution in [3.63, 3.8) is 0 Å². The molecular weight excluding hydrogens is 400 g/mol. The van der Waals surface area contributed by atoms with Gasteiger partial charge in [0.05, 0.1) is 0 Å². The van der Waals surface area contributed by atoms with Gasteiger partial charge in [-0.1, -0.05) is 27.6 Å². The molecule has 19 heavy (non-hydrogen) atoms. The standard InChI is InChI=1S/C10H16Br2N4O2S/c1-15-10(9(12)13-14-15)19(17,18)16-7-3-2-4-8(16)5-6-11/h8H,2-7H2,1H3. The Morgan fingerprint density at radius 3 is 2.74 bits per heavy atom. The number of nitrogens with zero attached hydrogens (tertiary/aromatic N) is 4. The van der Waals surface area contributed by atoms with Crippen LogP contribution in [0, 0.1) is 0 Å². The van der Waals surface area contributed by atoms with Crippen molar-refractivity contribution in [2.45, 2.75) is 36.8 Å². The number of halogens is 2. The van der Waals surface area contributed by atoms with E-state index < -0.39 is 10.0 Å². The average Bonchev–Trinajstić information content (AvgIpc) is 2.70. The predicted molar refractivity (Wildman–Crippen MR) is 78.6 cm³/mol. The molecule has 1 saturated heterocycles. The highest BCUT2D eigenvalue weighted by atomic mass is 79.9. The molecule has 0 spiro atoms. The van der Waals surface area contributed by atoms with Gasteiger partial charge >= 0.3 is 0 Å². The maximum Gasteiger partial charge on any atom is 0.263 e. The first kappa shape index (κ1) is 15.4. The van der Waals surface area contributed by atoms with Crippen molar-refractivity contribution in [3.05, 3.63) is 4.60 Å². The van der Waals surface area contributed by atoms with Gasteiger partial charge in [0, 0.05) is 25.0 Å². The SMILES string of the molecule is Cn1nnc(Br)c1S(=O)(=O)N1CCCCC1CCBr. The zero-order valence-corrected chi connectivity index (χ0v) is 14.6. The fourth-order valence-corrected chi connectivity index (χ4v) is 5.70. The molecule has 1 aromatic heterocycles. The molecule has 0 bridgehead atoms. The smallest absolute Gasteiger partial charge is 0.235 e. The van der Waals surface area contributed by atoms with Crippen LogP contribution in [0.2, 0.25) is 0 Å². The molecule has 2 heterocycles. The van der Waals surface area contributed by atoms with Crippen LogP contribution in [0.3, 0.4) is 0 Å². The summed E-state index contributed by atoms with van der Waals surface area (Å²) in [6, 6.07) is 0.0555. The maximum atomic E-state index is 12.8. The van der Waals surface area contributed by atoms with Gasteiger partial charge in [-0.15, -0.1) is 5.10 Å². The van der Waals surface area contributed by atoms with Gasteiger partial charge in [0.25, 0.3) is 10.0 Å². The minimum atomic E-state index is -3.55. The molecule has 0 saturated carbocycles. The Morgan fingerprint density at radius 2 is 2.16 bits per heavy atom. The summed E-state index contributed by atoms with van der Waals surface area (Å²) in [4.78, 5) is 0. The summed E-state index contributed by atoms with van der Waals surface area (Å²) >= 11 is 6.57. The molecule has 6 nitrogen and oxygen atoms in total. The summed E-state index contributed by atoms with van der Waals surface area (Å²) in [5.41, 5.74) is 0. The number of piperidine rings is 1. The number of rotatable bonds is 4. The molecule has 108 valence electrons. The lowest BCUT2D eigenvalue weighted by molar-refractivity contribution is 0.246. The highest BCUT2D eigenvalue weighted by molar-refractivity contribution is 9.10. The van der Waals surface area contributed by atoms with Gasteiger partial charge in [0.1, 0.15) is 0 Å². The Balaban J connectivity index is 2.37. The van der Waals surface area contributed by atoms with E-state index in [-0.39, 0.29) is 15.7 Å². The second-order valence-corrected chi connectivity index (χ2v) is 7.90. The van der Waals surface area contributed by atoms with E-state index in [2.05, 4.69) is 42.2 Å². The van der Waals surface area contributed by atoms with E-state index in [0.29, 0.717) is 6.54 Å². The third kappa shape index (κ3) is 3.03. The molecule has 1 atom stereocenters. The van der Waals surface area contributed by atoms with Crippen molar-refractivity contribution < 1.29 is 8.42 Å². The number of hydrogen-bond acceptors (Lipinski definition) is 4. The molecule has 0 aliphatic carbocycles. The second-order valence-electron chi connectivity index (χ2n) is 4.55. The Hall–Kier alpha value is 0.01000. The predicted octanol–water partition coefficient (Wildman–Crippen LogP) is 1.91. The first-order chi connectivity index (χ1) is 8.98. The van der Waals surface area contributed by atoms with E-state index >= 15 is 0 Å². The summed E-state index contributed by atoms with van der Waals surface area (Å²) in [5, 5.41) is 8.45. The minimum Gasteiger partial charge on any atom is -0.235 e. The molecule has 1 aliphatic rings. The molecule has 2 rings (SSSR count). The topological polar surface area (TPSA) is 68.1 Å². The maximum absolute atomic E-state index is 12.8. The van der Waals surface area contributed by atoms with Crippen LogP contribution < -0.4 is 0 Å². The van der Waals surface area contributed by atoms with Gasteiger partial charge in [-0.05, 0) is 35.2 Å². The van der Waals surface area contributed by atoms with Gasteiger partial charge in [0.2, 0.25) is 5.03 Å². The molecule has 1 aromatic rings. The van der Waals surface area contributed by atoms with Crippen LogP contribution in [0.1, 0.15) is 25.7 Å². The molecule has 0 aromatic carbocycles. The Kier molecular flexibility index (Phi) is 5.02. The van der Waals surface area contributed by atoms with E-state index in [0.717, 1.165) is 31.0 Å². The highest BCUT2D eigenvalue weighted by Crippen LogP contribution is 2.29. The van der Waals surface area contributed by atoms with E-state index in [1.165, 1.54) is 4.68 Å². The van der Waals surface area contributed by atoms with Gasteiger partial charge in [-0.2, -0.15) is 4.31 Å². The van der Waals surface area contributed by atoms with Crippen molar-refractivity contribution in [3.8, 4) is 0 Å². The summed E-state index contributed by atoms with van der Waals surface area (Å²) in [5.74, 6) is 0. The quantitative estimate of drug-likeness (QED) is 0.704. The van der Waals surface area contributed by atoms with Gasteiger partial charge < -0.3 is 0 Å². The van der Waals surface area contributed by atoms with Crippen LogP contribution in [0.4, 0.5) is 0 Å². The summed E-state index contributed by atoms with van der Waals surface area (Å²) in [7, 11) is -1.96. The van der Waals surface area contributed by atoms with Gasteiger partial charge in [-0.25, -0.2) is 13.1 Å². The van der Waals surface area contributed by atoms with Crippen molar-refractivity contribution in [1.29, 1.82) is 0 Å². The first-order valence-electron chi connectivity index (χ1n) is 6.11. The highest BCUT2D eigenvalue weighted by Gasteiger charge is 2.36. The minimum absolute atomic E-state index is 0.0555. The van der Waals surface area contributed by atoms with Crippen LogP contribution >= 0.6 is 31.9 Å². The van der Waals surface area contributed by atoms with Crippen molar-refractivity contribution >= 4 is 41.9 Å². The number of alkyl halides is 1. The molecule has 0 N–H and O–H groups in total. The molecule has 1 fully saturated rings. The van der Waals surface area contributed by atoms with Gasteiger partial charge in [0.15, 0.2) is 4.60 Å². The van der Waals surface area contributed by atoms with Crippen LogP contribution in [0.15, 0.2) is 9.63 Å². The average molecular weight is 416 g/mol. The fourth-order valence-electron chi connectivity index (χ4n) is 2.41. The van der Waals surface area contributed by atoms with E-state index in [9.17, 15) is 8.42 Å². The third-order valence-corrected chi connectivity index (χ3v) is 6.60. The lowest BCUT2D eigenvalue weighted by atomic mass is 10.0. The molecule has 0 radical (unpaired) electrons. The summed E-state index contributed by atoms with van der Waals surface area (Å²) in [6.45, 7) is 0.567. The lowest BCUT2D eigenvalue weighted by Crippen LogP contribution is -2.44. The van der Waals surface area contributed by atoms with E-state index in [4.69, 9.17) is 0 Å². The monoisotopic (exact) mass is 414 g/mol. The van der Waals surface area contributed by atoms with Crippen LogP contribution in [-0.4, -0.2) is 45.6 Å². The number of sulfonamides is 1. The molecule has 1 aliphatic heterocycles. The Morgan fingerprint density at radius 1 is 1.42 bits per heavy atom. The van der Waals surface area contributed by atoms with Crippen molar-refractivity contribution in [2.75, 3.05) is 11.9 Å². The van der Waals surface area contributed by atoms with Crippen LogP contribution in [0.5, 0.6) is 0 Å². The third-order valence-electron chi connectivity index (χ3n) is 3.31. The largest absolute Gasteiger partial charge is 0.263 e. The number of hydrogen-bond donors (Lipinski definition) is 0. The number of aryl methyl sites for hydroxylation is 1. The van der Waals surface area contributed by atoms with Crippen molar-refractivity contribution in [2.24, 2.45) is 7.05 Å². The van der Waals surface area contributed by atoms with Crippen molar-refractivity contribution in [1.82, 2.24) is 19.3 Å². The number of aromatic nitrogens is 3. The Bertz CT molecular complexity index is 524. The zero-order valence-electron chi connectivity index (χ0n) is 10.6. The Labute approximate surface area is 129 Å². The molecular formula is C10H16Br2N4O2S. The molecule has 1 unspecified atom stereocenters. The van der Waals surface area contributed by atoms with E-state index in [1.54, 1.807) is 11.4 Å². The summed E-state index contributed by atoms with van der Waals surface area (Å²) in [6.07, 6.45) is 3.71. The van der Waals surface area contributed by atoms with Crippen LogP contribution in [0.25, 0.3) is 0 Å². The van der Waals surface area contributed by atoms with Crippen LogP contribution in [-0.2, 0) is 17.1 Å². The molecule has 9 heteroatoms. The first-order valence-corrected chi connectivity index (χ1v) is 9.47. The van der Waals surface area contributed by atoms with E-state index in [1.807, 2.05) is 0 Å².